The molecule has 0 radical (unpaired) electrons. The molecule has 0 bridgehead atoms. The van der Waals surface area contributed by atoms with Gasteiger partial charge in [-0.25, -0.2) is 17.9 Å². The lowest BCUT2D eigenvalue weighted by atomic mass is 10.0. The van der Waals surface area contributed by atoms with Gasteiger partial charge < -0.3 is 20.4 Å². The van der Waals surface area contributed by atoms with Crippen molar-refractivity contribution in [3.63, 3.8) is 0 Å². The number of hydrogen-bond donors (Lipinski definition) is 3. The predicted molar refractivity (Wildman–Crippen MR) is 158 cm³/mol. The Morgan fingerprint density at radius 3 is 2.45 bits per heavy atom. The summed E-state index contributed by atoms with van der Waals surface area (Å²) in [5.41, 5.74) is -1.88. The lowest BCUT2D eigenvalue weighted by molar-refractivity contribution is -0.141. The highest BCUT2D eigenvalue weighted by Crippen LogP contribution is 2.45. The summed E-state index contributed by atoms with van der Waals surface area (Å²) in [6, 6.07) is 5.60. The number of amides is 5. The molecule has 5 amide bonds. The summed E-state index contributed by atoms with van der Waals surface area (Å²) in [7, 11) is -2.47. The van der Waals surface area contributed by atoms with E-state index in [0.717, 1.165) is 25.7 Å². The molecule has 1 aliphatic carbocycles. The van der Waals surface area contributed by atoms with Crippen molar-refractivity contribution in [3.05, 3.63) is 42.5 Å². The highest BCUT2D eigenvalue weighted by molar-refractivity contribution is 7.90. The predicted octanol–water partition coefficient (Wildman–Crippen LogP) is 2.69. The van der Waals surface area contributed by atoms with Crippen LogP contribution in [-0.2, 0) is 24.4 Å². The topological polar surface area (TPSA) is 145 Å². The molecule has 1 aromatic rings. The van der Waals surface area contributed by atoms with Crippen molar-refractivity contribution in [3.8, 4) is 0 Å². The third kappa shape index (κ3) is 6.96. The zero-order chi connectivity index (χ0) is 30.7. The number of allylic oxidation sites excluding steroid dienone is 1. The number of fused-ring (bicyclic) bond motifs is 2. The van der Waals surface area contributed by atoms with Gasteiger partial charge in [0.1, 0.15) is 17.6 Å². The SMILES string of the molecule is CN(C(=O)N[C@H]1CCCCC/C=C\[C@@H]2C[C@@]2(C(=O)NS(=O)(=O)c2ccccc2)NC(=O)[C@@H]2CCCN2C1=O)C(C)(C)C. The standard InChI is InChI=1S/C30H43N5O6S/c1-29(2,3)34(4)28(39)31-23-17-12-7-5-6-9-14-21-20-30(21,32-25(36)24-18-13-19-35(24)26(23)37)27(38)33-42(40,41)22-15-10-8-11-16-22/h8-11,14-16,21,23-24H,5-7,12-13,17-20H2,1-4H3,(H,31,39)(H,32,36)(H,33,38)/b14-9-/t21-,23+,24+,30-/m1/s1. The maximum Gasteiger partial charge on any atom is 0.318 e. The number of nitrogens with zero attached hydrogens (tertiary/aromatic N) is 2. The van der Waals surface area contributed by atoms with Gasteiger partial charge in [0.05, 0.1) is 4.90 Å². The average Bonchev–Trinajstić information content (AvgIpc) is 3.40. The van der Waals surface area contributed by atoms with Crippen molar-refractivity contribution < 1.29 is 27.6 Å². The van der Waals surface area contributed by atoms with Gasteiger partial charge in [0.2, 0.25) is 11.8 Å². The molecular formula is C30H43N5O6S. The Labute approximate surface area is 248 Å². The molecule has 1 saturated heterocycles. The van der Waals surface area contributed by atoms with Crippen LogP contribution in [0.2, 0.25) is 0 Å². The van der Waals surface area contributed by atoms with Crippen LogP contribution >= 0.6 is 0 Å². The molecule has 2 fully saturated rings. The lowest BCUT2D eigenvalue weighted by Gasteiger charge is -2.35. The number of carbonyl (C=O) groups excluding carboxylic acids is 4. The van der Waals surface area contributed by atoms with Crippen molar-refractivity contribution in [1.29, 1.82) is 0 Å². The van der Waals surface area contributed by atoms with E-state index in [1.165, 1.54) is 17.0 Å². The Bertz CT molecular complexity index is 1330. The molecule has 2 heterocycles. The second-order valence-corrected chi connectivity index (χ2v) is 14.2. The zero-order valence-electron chi connectivity index (χ0n) is 24.9. The molecule has 11 nitrogen and oxygen atoms in total. The fraction of sp³-hybridized carbons (Fsp3) is 0.600. The summed E-state index contributed by atoms with van der Waals surface area (Å²) >= 11 is 0. The minimum Gasteiger partial charge on any atom is -0.339 e. The van der Waals surface area contributed by atoms with Crippen LogP contribution < -0.4 is 15.4 Å². The van der Waals surface area contributed by atoms with Gasteiger partial charge in [0.15, 0.2) is 0 Å². The first kappa shape index (κ1) is 31.5. The first-order valence-electron chi connectivity index (χ1n) is 14.7. The van der Waals surface area contributed by atoms with E-state index in [4.69, 9.17) is 0 Å². The number of hydrogen-bond acceptors (Lipinski definition) is 6. The molecule has 3 N–H and O–H groups in total. The third-order valence-corrected chi connectivity index (χ3v) is 9.87. The Morgan fingerprint density at radius 2 is 1.76 bits per heavy atom. The highest BCUT2D eigenvalue weighted by Gasteiger charge is 2.61. The summed E-state index contributed by atoms with van der Waals surface area (Å²) in [5, 5.41) is 5.74. The van der Waals surface area contributed by atoms with Crippen LogP contribution in [0.1, 0.15) is 72.1 Å². The Hall–Kier alpha value is -3.41. The number of nitrogens with one attached hydrogen (secondary N) is 3. The fourth-order valence-electron chi connectivity index (χ4n) is 5.52. The summed E-state index contributed by atoms with van der Waals surface area (Å²) in [6.07, 6.45) is 8.68. The van der Waals surface area contributed by atoms with E-state index < -0.39 is 45.0 Å². The normalized spacial score (nSPS) is 27.8. The molecular weight excluding hydrogens is 558 g/mol. The molecule has 4 atom stereocenters. The van der Waals surface area contributed by atoms with Crippen molar-refractivity contribution >= 4 is 33.8 Å². The van der Waals surface area contributed by atoms with E-state index in [1.807, 2.05) is 32.9 Å². The molecule has 2 aliphatic heterocycles. The molecule has 0 aromatic heterocycles. The van der Waals surface area contributed by atoms with Crippen LogP contribution in [0.5, 0.6) is 0 Å². The first-order chi connectivity index (χ1) is 19.8. The monoisotopic (exact) mass is 601 g/mol. The van der Waals surface area contributed by atoms with Crippen LogP contribution in [0.4, 0.5) is 4.79 Å². The first-order valence-corrected chi connectivity index (χ1v) is 16.2. The highest BCUT2D eigenvalue weighted by atomic mass is 32.2. The minimum atomic E-state index is -4.15. The number of benzene rings is 1. The molecule has 0 spiro atoms. The van der Waals surface area contributed by atoms with Crippen LogP contribution in [-0.4, -0.2) is 78.7 Å². The van der Waals surface area contributed by atoms with Gasteiger partial charge >= 0.3 is 6.03 Å². The van der Waals surface area contributed by atoms with E-state index >= 15 is 0 Å². The Kier molecular flexibility index (Phi) is 9.34. The molecule has 12 heteroatoms. The molecule has 1 aromatic carbocycles. The molecule has 1 saturated carbocycles. The molecule has 0 unspecified atom stereocenters. The summed E-state index contributed by atoms with van der Waals surface area (Å²) < 4.78 is 28.0. The smallest absolute Gasteiger partial charge is 0.318 e. The van der Waals surface area contributed by atoms with Gasteiger partial charge in [-0.1, -0.05) is 43.2 Å². The second-order valence-electron chi connectivity index (χ2n) is 12.5. The summed E-state index contributed by atoms with van der Waals surface area (Å²) in [6.45, 7) is 6.06. The van der Waals surface area contributed by atoms with E-state index in [2.05, 4.69) is 15.4 Å². The van der Waals surface area contributed by atoms with Crippen LogP contribution in [0.15, 0.2) is 47.4 Å². The van der Waals surface area contributed by atoms with Gasteiger partial charge in [-0.15, -0.1) is 0 Å². The van der Waals surface area contributed by atoms with Gasteiger partial charge in [-0.05, 0) is 71.4 Å². The fourth-order valence-corrected chi connectivity index (χ4v) is 6.58. The lowest BCUT2D eigenvalue weighted by Crippen LogP contribution is -2.59. The number of urea groups is 1. The minimum absolute atomic E-state index is 0.0521. The molecule has 3 aliphatic rings. The molecule has 42 heavy (non-hydrogen) atoms. The number of carbonyl (C=O) groups is 4. The third-order valence-electron chi connectivity index (χ3n) is 8.52. The van der Waals surface area contributed by atoms with Crippen molar-refractivity contribution in [2.75, 3.05) is 13.6 Å². The number of rotatable bonds is 4. The van der Waals surface area contributed by atoms with Crippen LogP contribution in [0.3, 0.4) is 0 Å². The van der Waals surface area contributed by atoms with E-state index in [-0.39, 0.29) is 29.2 Å². The molecule has 4 rings (SSSR count). The largest absolute Gasteiger partial charge is 0.339 e. The van der Waals surface area contributed by atoms with Crippen molar-refractivity contribution in [2.24, 2.45) is 5.92 Å². The van der Waals surface area contributed by atoms with Gasteiger partial charge in [0, 0.05) is 25.0 Å². The molecule has 230 valence electrons. The zero-order valence-corrected chi connectivity index (χ0v) is 25.7. The summed E-state index contributed by atoms with van der Waals surface area (Å²) in [4.78, 5) is 57.0. The van der Waals surface area contributed by atoms with Gasteiger partial charge in [-0.2, -0.15) is 0 Å². The van der Waals surface area contributed by atoms with Crippen molar-refractivity contribution in [2.45, 2.75) is 100 Å². The van der Waals surface area contributed by atoms with Crippen molar-refractivity contribution in [1.82, 2.24) is 25.2 Å². The maximum absolute atomic E-state index is 13.8. The number of sulfonamides is 1. The summed E-state index contributed by atoms with van der Waals surface area (Å²) in [5.74, 6) is -2.00. The van der Waals surface area contributed by atoms with E-state index in [0.29, 0.717) is 25.8 Å². The van der Waals surface area contributed by atoms with Crippen LogP contribution in [0, 0.1) is 5.92 Å². The maximum atomic E-state index is 13.8. The van der Waals surface area contributed by atoms with Crippen LogP contribution in [0.25, 0.3) is 0 Å². The average molecular weight is 602 g/mol. The second kappa shape index (κ2) is 12.4. The van der Waals surface area contributed by atoms with Gasteiger partial charge in [0.25, 0.3) is 15.9 Å². The Balaban J connectivity index is 1.57. The quantitative estimate of drug-likeness (QED) is 0.453. The van der Waals surface area contributed by atoms with E-state index in [9.17, 15) is 27.6 Å². The van der Waals surface area contributed by atoms with E-state index in [1.54, 1.807) is 30.1 Å². The Morgan fingerprint density at radius 1 is 1.05 bits per heavy atom. The van der Waals surface area contributed by atoms with Gasteiger partial charge in [-0.3, -0.25) is 14.4 Å².